The molecule has 0 radical (unpaired) electrons. The van der Waals surface area contributed by atoms with Crippen LogP contribution in [0.1, 0.15) is 0 Å². The Balaban J connectivity index is 1.58. The van der Waals surface area contributed by atoms with E-state index in [-0.39, 0.29) is 11.7 Å². The van der Waals surface area contributed by atoms with Gasteiger partial charge in [-0.2, -0.15) is 0 Å². The van der Waals surface area contributed by atoms with Crippen LogP contribution in [0.5, 0.6) is 0 Å². The standard InChI is InChI=1S/C16H12Cl2N4OS/c17-11-6-7-13(12(18)8-11)19-14(23)9-24-16-20-15(21-22-16)10-4-2-1-3-5-10/h1-8H,9H2,(H,19,23)(H,20,21,22). The summed E-state index contributed by atoms with van der Waals surface area (Å²) in [5, 5.41) is 11.1. The molecule has 0 bridgehead atoms. The SMILES string of the molecule is O=C(CSc1n[nH]c(-c2ccccc2)n1)Nc1ccc(Cl)cc1Cl. The van der Waals surface area contributed by atoms with Crippen LogP contribution >= 0.6 is 35.0 Å². The average Bonchev–Trinajstić information content (AvgIpc) is 3.05. The van der Waals surface area contributed by atoms with Gasteiger partial charge in [-0.05, 0) is 18.2 Å². The second kappa shape index (κ2) is 7.70. The van der Waals surface area contributed by atoms with Gasteiger partial charge in [-0.25, -0.2) is 4.98 Å². The van der Waals surface area contributed by atoms with Crippen LogP contribution in [-0.2, 0) is 4.79 Å². The molecule has 0 spiro atoms. The van der Waals surface area contributed by atoms with Gasteiger partial charge in [-0.1, -0.05) is 65.3 Å². The summed E-state index contributed by atoms with van der Waals surface area (Å²) in [5.74, 6) is 0.639. The van der Waals surface area contributed by atoms with Crippen LogP contribution < -0.4 is 5.32 Å². The van der Waals surface area contributed by atoms with E-state index < -0.39 is 0 Å². The number of thioether (sulfide) groups is 1. The second-order valence-electron chi connectivity index (χ2n) is 4.79. The van der Waals surface area contributed by atoms with Crippen molar-refractivity contribution in [3.8, 4) is 11.4 Å². The highest BCUT2D eigenvalue weighted by atomic mass is 35.5. The number of aromatic amines is 1. The van der Waals surface area contributed by atoms with Gasteiger partial charge in [-0.3, -0.25) is 9.89 Å². The number of nitrogens with zero attached hydrogens (tertiary/aromatic N) is 2. The minimum absolute atomic E-state index is 0.172. The summed E-state index contributed by atoms with van der Waals surface area (Å²) in [5.41, 5.74) is 1.46. The minimum atomic E-state index is -0.199. The fourth-order valence-corrected chi connectivity index (χ4v) is 3.00. The Hall–Kier alpha value is -2.02. The maximum Gasteiger partial charge on any atom is 0.234 e. The van der Waals surface area contributed by atoms with E-state index in [4.69, 9.17) is 23.2 Å². The summed E-state index contributed by atoms with van der Waals surface area (Å²) in [6.45, 7) is 0. The summed E-state index contributed by atoms with van der Waals surface area (Å²) < 4.78 is 0. The summed E-state index contributed by atoms with van der Waals surface area (Å²) in [6, 6.07) is 14.6. The molecule has 2 aromatic carbocycles. The third kappa shape index (κ3) is 4.29. The van der Waals surface area contributed by atoms with Crippen molar-refractivity contribution in [1.29, 1.82) is 0 Å². The van der Waals surface area contributed by atoms with Gasteiger partial charge in [0.25, 0.3) is 0 Å². The van der Waals surface area contributed by atoms with Gasteiger partial charge in [0.05, 0.1) is 16.5 Å². The topological polar surface area (TPSA) is 70.7 Å². The van der Waals surface area contributed by atoms with Crippen molar-refractivity contribution in [1.82, 2.24) is 15.2 Å². The zero-order valence-corrected chi connectivity index (χ0v) is 14.6. The molecule has 2 N–H and O–H groups in total. The Labute approximate surface area is 152 Å². The molecule has 0 aliphatic heterocycles. The molecule has 0 saturated carbocycles. The molecule has 1 aromatic heterocycles. The first-order chi connectivity index (χ1) is 11.6. The fourth-order valence-electron chi connectivity index (χ4n) is 1.94. The van der Waals surface area contributed by atoms with Gasteiger partial charge in [-0.15, -0.1) is 5.10 Å². The molecule has 0 atom stereocenters. The first kappa shape index (κ1) is 16.8. The quantitative estimate of drug-likeness (QED) is 0.640. The molecule has 0 saturated heterocycles. The Bertz CT molecular complexity index is 854. The van der Waals surface area contributed by atoms with E-state index in [9.17, 15) is 4.79 Å². The van der Waals surface area contributed by atoms with E-state index in [0.717, 1.165) is 5.56 Å². The first-order valence-electron chi connectivity index (χ1n) is 6.97. The summed E-state index contributed by atoms with van der Waals surface area (Å²) in [4.78, 5) is 16.4. The smallest absolute Gasteiger partial charge is 0.234 e. The highest BCUT2D eigenvalue weighted by Crippen LogP contribution is 2.26. The number of rotatable bonds is 5. The van der Waals surface area contributed by atoms with Gasteiger partial charge in [0, 0.05) is 10.6 Å². The van der Waals surface area contributed by atoms with Crippen LogP contribution in [0, 0.1) is 0 Å². The molecule has 0 aliphatic carbocycles. The molecule has 24 heavy (non-hydrogen) atoms. The van der Waals surface area contributed by atoms with Gasteiger partial charge in [0.15, 0.2) is 5.82 Å². The van der Waals surface area contributed by atoms with Crippen LogP contribution in [0.3, 0.4) is 0 Å². The van der Waals surface area contributed by atoms with E-state index in [1.54, 1.807) is 18.2 Å². The van der Waals surface area contributed by atoms with Crippen molar-refractivity contribution >= 4 is 46.6 Å². The van der Waals surface area contributed by atoms with Crippen molar-refractivity contribution in [3.63, 3.8) is 0 Å². The lowest BCUT2D eigenvalue weighted by Gasteiger charge is -2.06. The maximum absolute atomic E-state index is 12.0. The lowest BCUT2D eigenvalue weighted by atomic mass is 10.2. The summed E-state index contributed by atoms with van der Waals surface area (Å²) in [6.07, 6.45) is 0. The fraction of sp³-hybridized carbons (Fsp3) is 0.0625. The highest BCUT2D eigenvalue weighted by molar-refractivity contribution is 7.99. The minimum Gasteiger partial charge on any atom is -0.324 e. The molecule has 5 nitrogen and oxygen atoms in total. The molecule has 3 aromatic rings. The lowest BCUT2D eigenvalue weighted by Crippen LogP contribution is -2.14. The number of benzene rings is 2. The Morgan fingerprint density at radius 1 is 1.17 bits per heavy atom. The Morgan fingerprint density at radius 2 is 1.96 bits per heavy atom. The second-order valence-corrected chi connectivity index (χ2v) is 6.58. The number of anilines is 1. The number of halogens is 2. The van der Waals surface area contributed by atoms with Crippen LogP contribution in [0.4, 0.5) is 5.69 Å². The Kier molecular flexibility index (Phi) is 5.40. The molecule has 122 valence electrons. The van der Waals surface area contributed by atoms with Crippen molar-refractivity contribution in [2.24, 2.45) is 0 Å². The van der Waals surface area contributed by atoms with Crippen molar-refractivity contribution in [2.75, 3.05) is 11.1 Å². The first-order valence-corrected chi connectivity index (χ1v) is 8.71. The lowest BCUT2D eigenvalue weighted by molar-refractivity contribution is -0.113. The molecular weight excluding hydrogens is 367 g/mol. The zero-order valence-electron chi connectivity index (χ0n) is 12.3. The number of aromatic nitrogens is 3. The van der Waals surface area contributed by atoms with Crippen LogP contribution in [-0.4, -0.2) is 26.8 Å². The molecule has 0 aliphatic rings. The molecule has 0 fully saturated rings. The van der Waals surface area contributed by atoms with Crippen molar-refractivity contribution < 1.29 is 4.79 Å². The molecule has 3 rings (SSSR count). The van der Waals surface area contributed by atoms with E-state index in [2.05, 4.69) is 20.5 Å². The molecule has 8 heteroatoms. The molecule has 0 unspecified atom stereocenters. The number of amides is 1. The normalized spacial score (nSPS) is 10.6. The maximum atomic E-state index is 12.0. The number of nitrogens with one attached hydrogen (secondary N) is 2. The Morgan fingerprint density at radius 3 is 2.71 bits per heavy atom. The third-order valence-electron chi connectivity index (χ3n) is 3.05. The van der Waals surface area contributed by atoms with E-state index in [1.807, 2.05) is 30.3 Å². The largest absolute Gasteiger partial charge is 0.324 e. The van der Waals surface area contributed by atoms with E-state index >= 15 is 0 Å². The summed E-state index contributed by atoms with van der Waals surface area (Å²) in [7, 11) is 0. The molecular formula is C16H12Cl2N4OS. The molecule has 1 heterocycles. The number of carbonyl (C=O) groups excluding carboxylic acids is 1. The monoisotopic (exact) mass is 378 g/mol. The van der Waals surface area contributed by atoms with E-state index in [1.165, 1.54) is 11.8 Å². The van der Waals surface area contributed by atoms with Gasteiger partial charge >= 0.3 is 0 Å². The number of hydrogen-bond donors (Lipinski definition) is 2. The summed E-state index contributed by atoms with van der Waals surface area (Å²) >= 11 is 13.1. The number of hydrogen-bond acceptors (Lipinski definition) is 4. The third-order valence-corrected chi connectivity index (χ3v) is 4.44. The highest BCUT2D eigenvalue weighted by Gasteiger charge is 2.10. The number of H-pyrrole nitrogens is 1. The van der Waals surface area contributed by atoms with Gasteiger partial charge in [0.2, 0.25) is 11.1 Å². The van der Waals surface area contributed by atoms with Crippen LogP contribution in [0.25, 0.3) is 11.4 Å². The average molecular weight is 379 g/mol. The van der Waals surface area contributed by atoms with Gasteiger partial charge in [0.1, 0.15) is 0 Å². The van der Waals surface area contributed by atoms with E-state index in [0.29, 0.717) is 26.7 Å². The van der Waals surface area contributed by atoms with Crippen molar-refractivity contribution in [3.05, 3.63) is 58.6 Å². The van der Waals surface area contributed by atoms with Crippen LogP contribution in [0.15, 0.2) is 53.7 Å². The van der Waals surface area contributed by atoms with Crippen molar-refractivity contribution in [2.45, 2.75) is 5.16 Å². The predicted octanol–water partition coefficient (Wildman–Crippen LogP) is 4.51. The van der Waals surface area contributed by atoms with Crippen LogP contribution in [0.2, 0.25) is 10.0 Å². The zero-order chi connectivity index (χ0) is 16.9. The number of carbonyl (C=O) groups is 1. The molecule has 1 amide bonds. The predicted molar refractivity (Wildman–Crippen MR) is 97.6 cm³/mol. The van der Waals surface area contributed by atoms with Gasteiger partial charge < -0.3 is 5.32 Å².